The van der Waals surface area contributed by atoms with Gasteiger partial charge in [0.1, 0.15) is 0 Å². The fourth-order valence-electron chi connectivity index (χ4n) is 1.76. The Hall–Kier alpha value is -1.42. The molecule has 0 aromatic heterocycles. The first kappa shape index (κ1) is 15.0. The molecule has 2 aromatic rings. The molecule has 0 saturated heterocycles. The molecule has 2 rings (SSSR count). The molecular formula is C14H11Cl3N2O. The van der Waals surface area contributed by atoms with Gasteiger partial charge in [-0.3, -0.25) is 4.79 Å². The van der Waals surface area contributed by atoms with Gasteiger partial charge in [0.2, 0.25) is 5.91 Å². The number of nitrogens with two attached hydrogens (primary N) is 1. The van der Waals surface area contributed by atoms with Crippen LogP contribution in [0.5, 0.6) is 0 Å². The monoisotopic (exact) mass is 328 g/mol. The number of benzene rings is 2. The average Bonchev–Trinajstić information content (AvgIpc) is 2.41. The molecule has 0 radical (unpaired) electrons. The molecule has 0 fully saturated rings. The van der Waals surface area contributed by atoms with Crippen molar-refractivity contribution < 1.29 is 4.79 Å². The second-order valence-corrected chi connectivity index (χ2v) is 5.34. The van der Waals surface area contributed by atoms with Crippen LogP contribution < -0.4 is 11.1 Å². The minimum atomic E-state index is -0.470. The van der Waals surface area contributed by atoms with Gasteiger partial charge in [-0.1, -0.05) is 53.0 Å². The number of primary amides is 1. The number of anilines is 1. The standard InChI is InChI=1S/C14H11Cl3N2O/c15-10-5-12(17)13(6-11(10)16)19-7-8-3-1-2-4-9(8)14(18)20/h1-6,19H,7H2,(H2,18,20). The van der Waals surface area contributed by atoms with Crippen molar-refractivity contribution in [2.45, 2.75) is 6.54 Å². The Morgan fingerprint density at radius 2 is 1.70 bits per heavy atom. The van der Waals surface area contributed by atoms with Gasteiger partial charge in [0.15, 0.2) is 0 Å². The average molecular weight is 330 g/mol. The van der Waals surface area contributed by atoms with Crippen molar-refractivity contribution in [1.29, 1.82) is 0 Å². The van der Waals surface area contributed by atoms with E-state index in [4.69, 9.17) is 40.5 Å². The summed E-state index contributed by atoms with van der Waals surface area (Å²) in [7, 11) is 0. The zero-order chi connectivity index (χ0) is 14.7. The second-order valence-electron chi connectivity index (χ2n) is 4.12. The Morgan fingerprint density at radius 1 is 1.05 bits per heavy atom. The Kier molecular flexibility index (Phi) is 4.76. The number of halogens is 3. The number of nitrogens with one attached hydrogen (secondary N) is 1. The summed E-state index contributed by atoms with van der Waals surface area (Å²) in [4.78, 5) is 11.3. The van der Waals surface area contributed by atoms with Gasteiger partial charge in [-0.2, -0.15) is 0 Å². The van der Waals surface area contributed by atoms with E-state index < -0.39 is 5.91 Å². The van der Waals surface area contributed by atoms with Crippen molar-refractivity contribution in [2.24, 2.45) is 5.73 Å². The fourth-order valence-corrected chi connectivity index (χ4v) is 2.38. The molecule has 3 nitrogen and oxygen atoms in total. The Labute approximate surface area is 131 Å². The highest BCUT2D eigenvalue weighted by Gasteiger charge is 2.09. The molecule has 20 heavy (non-hydrogen) atoms. The zero-order valence-electron chi connectivity index (χ0n) is 10.3. The topological polar surface area (TPSA) is 55.1 Å². The highest BCUT2D eigenvalue weighted by Crippen LogP contribution is 2.32. The van der Waals surface area contributed by atoms with Crippen molar-refractivity contribution in [2.75, 3.05) is 5.32 Å². The van der Waals surface area contributed by atoms with E-state index in [1.807, 2.05) is 12.1 Å². The lowest BCUT2D eigenvalue weighted by atomic mass is 10.1. The van der Waals surface area contributed by atoms with Gasteiger partial charge in [-0.15, -0.1) is 0 Å². The summed E-state index contributed by atoms with van der Waals surface area (Å²) >= 11 is 17.9. The Balaban J connectivity index is 2.21. The van der Waals surface area contributed by atoms with E-state index >= 15 is 0 Å². The molecular weight excluding hydrogens is 319 g/mol. The molecule has 0 spiro atoms. The van der Waals surface area contributed by atoms with Crippen LogP contribution in [0.1, 0.15) is 15.9 Å². The largest absolute Gasteiger partial charge is 0.380 e. The minimum Gasteiger partial charge on any atom is -0.380 e. The lowest BCUT2D eigenvalue weighted by Gasteiger charge is -2.11. The van der Waals surface area contributed by atoms with Crippen molar-refractivity contribution in [3.8, 4) is 0 Å². The van der Waals surface area contributed by atoms with Crippen LogP contribution in [0, 0.1) is 0 Å². The molecule has 2 aromatic carbocycles. The van der Waals surface area contributed by atoms with Gasteiger partial charge < -0.3 is 11.1 Å². The molecule has 0 unspecified atom stereocenters. The van der Waals surface area contributed by atoms with E-state index in [1.165, 1.54) is 0 Å². The normalized spacial score (nSPS) is 10.3. The summed E-state index contributed by atoms with van der Waals surface area (Å²) in [6, 6.07) is 10.3. The van der Waals surface area contributed by atoms with E-state index in [0.29, 0.717) is 32.9 Å². The number of carbonyl (C=O) groups is 1. The first-order valence-corrected chi connectivity index (χ1v) is 6.88. The van der Waals surface area contributed by atoms with E-state index in [0.717, 1.165) is 5.56 Å². The van der Waals surface area contributed by atoms with Crippen LogP contribution >= 0.6 is 34.8 Å². The number of rotatable bonds is 4. The van der Waals surface area contributed by atoms with E-state index in [2.05, 4.69) is 5.32 Å². The van der Waals surface area contributed by atoms with Crippen molar-refractivity contribution in [3.05, 3.63) is 62.6 Å². The van der Waals surface area contributed by atoms with Crippen LogP contribution in [0.25, 0.3) is 0 Å². The number of amides is 1. The first-order valence-electron chi connectivity index (χ1n) is 5.75. The molecule has 0 heterocycles. The molecule has 6 heteroatoms. The third kappa shape index (κ3) is 3.37. The predicted octanol–water partition coefficient (Wildman–Crippen LogP) is 4.36. The molecule has 0 atom stereocenters. The fraction of sp³-hybridized carbons (Fsp3) is 0.0714. The smallest absolute Gasteiger partial charge is 0.249 e. The van der Waals surface area contributed by atoms with Gasteiger partial charge in [0.05, 0.1) is 20.8 Å². The molecule has 0 bridgehead atoms. The van der Waals surface area contributed by atoms with Crippen molar-refractivity contribution in [1.82, 2.24) is 0 Å². The molecule has 104 valence electrons. The van der Waals surface area contributed by atoms with Gasteiger partial charge in [0, 0.05) is 12.1 Å². The van der Waals surface area contributed by atoms with E-state index in [9.17, 15) is 4.79 Å². The lowest BCUT2D eigenvalue weighted by molar-refractivity contribution is 0.0999. The molecule has 0 saturated carbocycles. The van der Waals surface area contributed by atoms with Crippen LogP contribution in [-0.2, 0) is 6.54 Å². The second kappa shape index (κ2) is 6.35. The van der Waals surface area contributed by atoms with Gasteiger partial charge >= 0.3 is 0 Å². The van der Waals surface area contributed by atoms with Crippen LogP contribution in [0.4, 0.5) is 5.69 Å². The number of carbonyl (C=O) groups excluding carboxylic acids is 1. The SMILES string of the molecule is NC(=O)c1ccccc1CNc1cc(Cl)c(Cl)cc1Cl. The summed E-state index contributed by atoms with van der Waals surface area (Å²) < 4.78 is 0. The third-order valence-corrected chi connectivity index (χ3v) is 3.80. The van der Waals surface area contributed by atoms with E-state index in [1.54, 1.807) is 24.3 Å². The maximum absolute atomic E-state index is 11.3. The third-order valence-electron chi connectivity index (χ3n) is 2.76. The summed E-state index contributed by atoms with van der Waals surface area (Å²) in [5, 5.41) is 4.36. The zero-order valence-corrected chi connectivity index (χ0v) is 12.6. The quantitative estimate of drug-likeness (QED) is 0.819. The van der Waals surface area contributed by atoms with Crippen molar-refractivity contribution >= 4 is 46.4 Å². The van der Waals surface area contributed by atoms with Gasteiger partial charge in [-0.05, 0) is 23.8 Å². The summed E-state index contributed by atoms with van der Waals surface area (Å²) in [5.74, 6) is -0.470. The highest BCUT2D eigenvalue weighted by molar-refractivity contribution is 6.44. The van der Waals surface area contributed by atoms with Crippen LogP contribution in [-0.4, -0.2) is 5.91 Å². The molecule has 0 aliphatic heterocycles. The summed E-state index contributed by atoms with van der Waals surface area (Å²) in [6.07, 6.45) is 0. The number of hydrogen-bond donors (Lipinski definition) is 2. The van der Waals surface area contributed by atoms with Crippen LogP contribution in [0.2, 0.25) is 15.1 Å². The minimum absolute atomic E-state index is 0.389. The molecule has 0 aliphatic rings. The lowest BCUT2D eigenvalue weighted by Crippen LogP contribution is -2.15. The highest BCUT2D eigenvalue weighted by atomic mass is 35.5. The maximum Gasteiger partial charge on any atom is 0.249 e. The predicted molar refractivity (Wildman–Crippen MR) is 83.8 cm³/mol. The molecule has 0 aliphatic carbocycles. The Morgan fingerprint density at radius 3 is 2.40 bits per heavy atom. The van der Waals surface area contributed by atoms with Crippen molar-refractivity contribution in [3.63, 3.8) is 0 Å². The summed E-state index contributed by atoms with van der Waals surface area (Å²) in [5.41, 5.74) is 7.21. The van der Waals surface area contributed by atoms with E-state index in [-0.39, 0.29) is 0 Å². The number of hydrogen-bond acceptors (Lipinski definition) is 2. The van der Waals surface area contributed by atoms with Gasteiger partial charge in [0.25, 0.3) is 0 Å². The Bertz CT molecular complexity index is 659. The molecule has 3 N–H and O–H groups in total. The van der Waals surface area contributed by atoms with Gasteiger partial charge in [-0.25, -0.2) is 0 Å². The van der Waals surface area contributed by atoms with Crippen LogP contribution in [0.15, 0.2) is 36.4 Å². The summed E-state index contributed by atoms with van der Waals surface area (Å²) in [6.45, 7) is 0.400. The first-order chi connectivity index (χ1) is 9.49. The maximum atomic E-state index is 11.3. The molecule has 1 amide bonds. The van der Waals surface area contributed by atoms with Crippen LogP contribution in [0.3, 0.4) is 0 Å².